The van der Waals surface area contributed by atoms with E-state index in [-0.39, 0.29) is 11.5 Å². The highest BCUT2D eigenvalue weighted by Gasteiger charge is 2.20. The number of aliphatic hydroxyl groups excluding tert-OH is 2. The fraction of sp³-hybridized carbons (Fsp3) is 0.188. The summed E-state index contributed by atoms with van der Waals surface area (Å²) in [6, 6.07) is 6.74. The molecule has 0 heterocycles. The van der Waals surface area contributed by atoms with Gasteiger partial charge >= 0.3 is 0 Å². The molecule has 2 rings (SSSR count). The lowest BCUT2D eigenvalue weighted by atomic mass is 9.94. The zero-order valence-electron chi connectivity index (χ0n) is 11.1. The van der Waals surface area contributed by atoms with E-state index in [1.165, 1.54) is 18.2 Å². The first-order valence-electron chi connectivity index (χ1n) is 6.24. The standard InChI is InChI=1S/C16H16O4/c1-20-12-7-5-11(6-8-12)14(17)10-9-13-15(18)3-2-4-16(13)19/h2-10,13,15,18-19H,1H3. The number of ketones is 1. The molecule has 0 radical (unpaired) electrons. The molecule has 2 atom stereocenters. The number of carbonyl (C=O) groups is 1. The van der Waals surface area contributed by atoms with Crippen molar-refractivity contribution in [2.45, 2.75) is 6.10 Å². The molecule has 2 unspecified atom stereocenters. The number of hydrogen-bond donors (Lipinski definition) is 2. The first-order valence-corrected chi connectivity index (χ1v) is 6.24. The van der Waals surface area contributed by atoms with Crippen molar-refractivity contribution in [3.8, 4) is 5.75 Å². The van der Waals surface area contributed by atoms with Crippen LogP contribution in [-0.2, 0) is 0 Å². The summed E-state index contributed by atoms with van der Waals surface area (Å²) in [7, 11) is 1.56. The van der Waals surface area contributed by atoms with Gasteiger partial charge in [-0.1, -0.05) is 18.2 Å². The Balaban J connectivity index is 2.08. The second kappa shape index (κ2) is 6.21. The summed E-state index contributed by atoms with van der Waals surface area (Å²) in [5, 5.41) is 19.4. The average molecular weight is 272 g/mol. The Morgan fingerprint density at radius 2 is 2.00 bits per heavy atom. The molecule has 0 spiro atoms. The smallest absolute Gasteiger partial charge is 0.185 e. The second-order valence-corrected chi connectivity index (χ2v) is 4.44. The number of benzene rings is 1. The van der Waals surface area contributed by atoms with Gasteiger partial charge in [-0.2, -0.15) is 0 Å². The zero-order chi connectivity index (χ0) is 14.5. The van der Waals surface area contributed by atoms with Crippen molar-refractivity contribution in [3.05, 3.63) is 66.0 Å². The first kappa shape index (κ1) is 14.1. The molecule has 4 heteroatoms. The van der Waals surface area contributed by atoms with Gasteiger partial charge in [0.1, 0.15) is 11.5 Å². The van der Waals surface area contributed by atoms with Crippen LogP contribution in [-0.4, -0.2) is 29.2 Å². The minimum absolute atomic E-state index is 0.0405. The molecular formula is C16H16O4. The molecule has 0 aromatic heterocycles. The van der Waals surface area contributed by atoms with E-state index in [0.29, 0.717) is 11.3 Å². The predicted octanol–water partition coefficient (Wildman–Crippen LogP) is 2.42. The van der Waals surface area contributed by atoms with Crippen LogP contribution >= 0.6 is 0 Å². The van der Waals surface area contributed by atoms with E-state index >= 15 is 0 Å². The summed E-state index contributed by atoms with van der Waals surface area (Å²) < 4.78 is 5.02. The molecule has 1 aliphatic rings. The van der Waals surface area contributed by atoms with Gasteiger partial charge in [-0.25, -0.2) is 0 Å². The molecule has 20 heavy (non-hydrogen) atoms. The Kier molecular flexibility index (Phi) is 4.38. The maximum Gasteiger partial charge on any atom is 0.185 e. The Morgan fingerprint density at radius 3 is 2.60 bits per heavy atom. The van der Waals surface area contributed by atoms with E-state index in [9.17, 15) is 15.0 Å². The summed E-state index contributed by atoms with van der Waals surface area (Å²) in [6.45, 7) is 0. The molecule has 1 aromatic rings. The first-order chi connectivity index (χ1) is 9.61. The molecule has 4 nitrogen and oxygen atoms in total. The molecule has 0 bridgehead atoms. The van der Waals surface area contributed by atoms with Crippen LogP contribution in [0.5, 0.6) is 5.75 Å². The van der Waals surface area contributed by atoms with Crippen molar-refractivity contribution in [1.82, 2.24) is 0 Å². The van der Waals surface area contributed by atoms with Crippen molar-refractivity contribution in [2.75, 3.05) is 7.11 Å². The van der Waals surface area contributed by atoms with E-state index in [0.717, 1.165) is 0 Å². The van der Waals surface area contributed by atoms with Crippen molar-refractivity contribution in [1.29, 1.82) is 0 Å². The van der Waals surface area contributed by atoms with Crippen LogP contribution < -0.4 is 4.74 Å². The van der Waals surface area contributed by atoms with Crippen LogP contribution in [0, 0.1) is 5.92 Å². The van der Waals surface area contributed by atoms with Gasteiger partial charge < -0.3 is 14.9 Å². The van der Waals surface area contributed by atoms with E-state index in [1.54, 1.807) is 43.5 Å². The Morgan fingerprint density at radius 1 is 1.30 bits per heavy atom. The number of rotatable bonds is 4. The Hall–Kier alpha value is -2.33. The largest absolute Gasteiger partial charge is 0.512 e. The molecule has 0 aliphatic heterocycles. The number of aliphatic hydroxyl groups is 2. The Bertz CT molecular complexity index is 567. The van der Waals surface area contributed by atoms with Crippen molar-refractivity contribution in [3.63, 3.8) is 0 Å². The number of methoxy groups -OCH3 is 1. The summed E-state index contributed by atoms with van der Waals surface area (Å²) in [6.07, 6.45) is 6.69. The van der Waals surface area contributed by atoms with Crippen LogP contribution in [0.25, 0.3) is 0 Å². The monoisotopic (exact) mass is 272 g/mol. The van der Waals surface area contributed by atoms with Crippen LogP contribution in [0.1, 0.15) is 10.4 Å². The lowest BCUT2D eigenvalue weighted by molar-refractivity contribution is 0.104. The van der Waals surface area contributed by atoms with Crippen LogP contribution in [0.4, 0.5) is 0 Å². The quantitative estimate of drug-likeness (QED) is 0.652. The van der Waals surface area contributed by atoms with Crippen LogP contribution in [0.15, 0.2) is 60.4 Å². The third-order valence-electron chi connectivity index (χ3n) is 3.11. The molecule has 1 aromatic carbocycles. The van der Waals surface area contributed by atoms with Gasteiger partial charge in [-0.3, -0.25) is 4.79 Å². The van der Waals surface area contributed by atoms with Crippen LogP contribution in [0.2, 0.25) is 0 Å². The van der Waals surface area contributed by atoms with Gasteiger partial charge in [-0.05, 0) is 36.4 Å². The molecule has 2 N–H and O–H groups in total. The minimum atomic E-state index is -0.820. The van der Waals surface area contributed by atoms with E-state index < -0.39 is 12.0 Å². The molecule has 0 fully saturated rings. The predicted molar refractivity (Wildman–Crippen MR) is 75.8 cm³/mol. The number of hydrogen-bond acceptors (Lipinski definition) is 4. The average Bonchev–Trinajstić information content (AvgIpc) is 2.46. The lowest BCUT2D eigenvalue weighted by Crippen LogP contribution is -2.20. The molecule has 0 saturated carbocycles. The molecule has 0 saturated heterocycles. The van der Waals surface area contributed by atoms with E-state index in [4.69, 9.17) is 4.74 Å². The van der Waals surface area contributed by atoms with Crippen molar-refractivity contribution >= 4 is 5.78 Å². The van der Waals surface area contributed by atoms with Crippen LogP contribution in [0.3, 0.4) is 0 Å². The van der Waals surface area contributed by atoms with Gasteiger partial charge in [-0.15, -0.1) is 0 Å². The number of allylic oxidation sites excluding steroid dienone is 3. The van der Waals surface area contributed by atoms with E-state index in [2.05, 4.69) is 0 Å². The summed E-state index contributed by atoms with van der Waals surface area (Å²) in [5.74, 6) is -0.0536. The van der Waals surface area contributed by atoms with E-state index in [1.807, 2.05) is 0 Å². The van der Waals surface area contributed by atoms with Crippen molar-refractivity contribution < 1.29 is 19.7 Å². The maximum absolute atomic E-state index is 12.0. The molecule has 1 aliphatic carbocycles. The van der Waals surface area contributed by atoms with Gasteiger partial charge in [0.2, 0.25) is 0 Å². The third-order valence-corrected chi connectivity index (χ3v) is 3.11. The normalized spacial score (nSPS) is 21.8. The highest BCUT2D eigenvalue weighted by molar-refractivity contribution is 6.04. The minimum Gasteiger partial charge on any atom is -0.512 e. The molecule has 104 valence electrons. The summed E-state index contributed by atoms with van der Waals surface area (Å²) >= 11 is 0. The van der Waals surface area contributed by atoms with Gasteiger partial charge in [0.15, 0.2) is 5.78 Å². The van der Waals surface area contributed by atoms with Gasteiger partial charge in [0, 0.05) is 5.56 Å². The Labute approximate surface area is 117 Å². The second-order valence-electron chi connectivity index (χ2n) is 4.44. The molecule has 0 amide bonds. The highest BCUT2D eigenvalue weighted by atomic mass is 16.5. The maximum atomic E-state index is 12.0. The number of ether oxygens (including phenoxy) is 1. The molecular weight excluding hydrogens is 256 g/mol. The third kappa shape index (κ3) is 3.16. The van der Waals surface area contributed by atoms with Crippen molar-refractivity contribution in [2.24, 2.45) is 5.92 Å². The van der Waals surface area contributed by atoms with Gasteiger partial charge in [0.25, 0.3) is 0 Å². The topological polar surface area (TPSA) is 66.8 Å². The lowest BCUT2D eigenvalue weighted by Gasteiger charge is -2.18. The van der Waals surface area contributed by atoms with Gasteiger partial charge in [0.05, 0.1) is 19.1 Å². The SMILES string of the molecule is COc1ccc(C(=O)C=CC2C(O)=CC=CC2O)cc1. The fourth-order valence-corrected chi connectivity index (χ4v) is 1.93. The number of carbonyl (C=O) groups excluding carboxylic acids is 1. The highest BCUT2D eigenvalue weighted by Crippen LogP contribution is 2.20. The fourth-order valence-electron chi connectivity index (χ4n) is 1.93. The summed E-state index contributed by atoms with van der Waals surface area (Å²) in [4.78, 5) is 12.0. The zero-order valence-corrected chi connectivity index (χ0v) is 11.1. The summed E-state index contributed by atoms with van der Waals surface area (Å²) in [5.41, 5.74) is 0.520.